The first-order valence-electron chi connectivity index (χ1n) is 7.27. The number of hydrogen-bond acceptors (Lipinski definition) is 2. The fourth-order valence-electron chi connectivity index (χ4n) is 3.72. The molecule has 0 aromatic heterocycles. The predicted octanol–water partition coefficient (Wildman–Crippen LogP) is 2.27. The second kappa shape index (κ2) is 5.21. The summed E-state index contributed by atoms with van der Waals surface area (Å²) in [6, 6.07) is 8.36. The molecule has 5 heteroatoms. The number of nitrogens with zero attached hydrogens (tertiary/aromatic N) is 1. The molecule has 2 aliphatic rings. The highest BCUT2D eigenvalue weighted by Gasteiger charge is 2.59. The van der Waals surface area contributed by atoms with E-state index in [-0.39, 0.29) is 0 Å². The lowest BCUT2D eigenvalue weighted by atomic mass is 9.60. The van der Waals surface area contributed by atoms with Crippen LogP contribution >= 0.6 is 15.9 Å². The van der Waals surface area contributed by atoms with E-state index in [9.17, 15) is 0 Å². The number of unbranched alkanes of at least 4 members (excludes halogenated alkanes) is 1. The third kappa shape index (κ3) is 1.98. The molecule has 2 aliphatic heterocycles. The smallest absolute Gasteiger partial charge is 0.503 e. The first-order chi connectivity index (χ1) is 9.24. The Morgan fingerprint density at radius 1 is 1.21 bits per heavy atom. The van der Waals surface area contributed by atoms with Gasteiger partial charge < -0.3 is 13.7 Å². The van der Waals surface area contributed by atoms with Crippen LogP contribution < -0.4 is 5.46 Å². The van der Waals surface area contributed by atoms with Gasteiger partial charge in [-0.25, -0.2) is 0 Å². The van der Waals surface area contributed by atoms with Gasteiger partial charge in [-0.05, 0) is 10.9 Å². The second-order valence-corrected chi connectivity index (χ2v) is 6.53. The van der Waals surface area contributed by atoms with Gasteiger partial charge in [-0.3, -0.25) is 0 Å². The topological polar surface area (TPSA) is 18.5 Å². The summed E-state index contributed by atoms with van der Waals surface area (Å²) in [5, 5.41) is 0. The molecule has 0 saturated carbocycles. The molecule has 3 nitrogen and oxygen atoms in total. The van der Waals surface area contributed by atoms with Crippen molar-refractivity contribution in [1.29, 1.82) is 0 Å². The minimum Gasteiger partial charge on any atom is -0.505 e. The molecule has 2 heterocycles. The van der Waals surface area contributed by atoms with E-state index < -0.39 is 6.69 Å². The summed E-state index contributed by atoms with van der Waals surface area (Å²) in [6.45, 7) is 5.85. The molecule has 2 saturated heterocycles. The standard InChI is InChI=1S/C14H21BBrNO2/c1-2-3-8-17-9-11-18-15(17,19-12-10-17)13-6-4-5-7-14(13)16/h4-7H,2-3,8-12H2,1H3. The van der Waals surface area contributed by atoms with Crippen molar-refractivity contribution in [3.8, 4) is 0 Å². The Bertz CT molecular complexity index is 459. The van der Waals surface area contributed by atoms with E-state index in [1.807, 2.05) is 6.07 Å². The number of fused-ring (bicyclic) bond motifs is 1. The molecule has 0 radical (unpaired) electrons. The van der Waals surface area contributed by atoms with Gasteiger partial charge in [0.25, 0.3) is 0 Å². The predicted molar refractivity (Wildman–Crippen MR) is 81.2 cm³/mol. The van der Waals surface area contributed by atoms with Gasteiger partial charge in [-0.1, -0.05) is 59.0 Å². The molecule has 0 bridgehead atoms. The van der Waals surface area contributed by atoms with Crippen LogP contribution in [0.3, 0.4) is 0 Å². The summed E-state index contributed by atoms with van der Waals surface area (Å²) in [5.41, 5.74) is 1.20. The van der Waals surface area contributed by atoms with E-state index in [2.05, 4.69) is 41.1 Å². The minimum absolute atomic E-state index is 0.811. The zero-order valence-electron chi connectivity index (χ0n) is 11.5. The molecule has 0 spiro atoms. The van der Waals surface area contributed by atoms with Gasteiger partial charge >= 0.3 is 6.69 Å². The molecule has 0 amide bonds. The lowest BCUT2D eigenvalue weighted by Crippen LogP contribution is -2.69. The van der Waals surface area contributed by atoms with Crippen LogP contribution in [0.1, 0.15) is 19.8 Å². The van der Waals surface area contributed by atoms with Gasteiger partial charge in [0.1, 0.15) is 0 Å². The number of benzene rings is 1. The first-order valence-corrected chi connectivity index (χ1v) is 8.06. The Kier molecular flexibility index (Phi) is 3.73. The van der Waals surface area contributed by atoms with Crippen LogP contribution in [0.4, 0.5) is 0 Å². The average molecular weight is 326 g/mol. The van der Waals surface area contributed by atoms with Crippen molar-refractivity contribution in [2.45, 2.75) is 19.8 Å². The molecule has 1 aromatic carbocycles. The van der Waals surface area contributed by atoms with Crippen LogP contribution in [0.5, 0.6) is 0 Å². The maximum absolute atomic E-state index is 6.21. The molecule has 0 aliphatic carbocycles. The summed E-state index contributed by atoms with van der Waals surface area (Å²) in [4.78, 5) is 0. The molecule has 0 atom stereocenters. The largest absolute Gasteiger partial charge is 0.505 e. The molecular formula is C14H21BBrNO2. The zero-order valence-corrected chi connectivity index (χ0v) is 13.1. The number of quaternary nitrogens is 1. The molecule has 0 N–H and O–H groups in total. The van der Waals surface area contributed by atoms with Crippen molar-refractivity contribution >= 4 is 28.1 Å². The van der Waals surface area contributed by atoms with E-state index in [1.165, 1.54) is 18.3 Å². The highest BCUT2D eigenvalue weighted by Crippen LogP contribution is 2.36. The monoisotopic (exact) mass is 325 g/mol. The van der Waals surface area contributed by atoms with E-state index >= 15 is 0 Å². The van der Waals surface area contributed by atoms with E-state index in [4.69, 9.17) is 9.31 Å². The summed E-state index contributed by atoms with van der Waals surface area (Å²) < 4.78 is 14.5. The van der Waals surface area contributed by atoms with E-state index in [0.29, 0.717) is 0 Å². The SMILES string of the molecule is CCCC[N+]12CCO[B-]1(c1ccccc1Br)OCC2. The molecule has 2 fully saturated rings. The second-order valence-electron chi connectivity index (χ2n) is 5.68. The Hall–Kier alpha value is -0.355. The molecule has 19 heavy (non-hydrogen) atoms. The summed E-state index contributed by atoms with van der Waals surface area (Å²) in [7, 11) is 0. The Morgan fingerprint density at radius 3 is 2.53 bits per heavy atom. The third-order valence-electron chi connectivity index (χ3n) is 4.74. The molecule has 3 rings (SSSR count). The van der Waals surface area contributed by atoms with Crippen molar-refractivity contribution in [1.82, 2.24) is 0 Å². The number of hydrogen-bond donors (Lipinski definition) is 0. The minimum atomic E-state index is -1.36. The molecule has 1 aromatic rings. The van der Waals surface area contributed by atoms with Gasteiger partial charge in [0.2, 0.25) is 0 Å². The first kappa shape index (κ1) is 13.6. The average Bonchev–Trinajstić information content (AvgIpc) is 2.92. The molecular weight excluding hydrogens is 305 g/mol. The summed E-state index contributed by atoms with van der Waals surface area (Å²) >= 11 is 3.68. The van der Waals surface area contributed by atoms with E-state index in [0.717, 1.165) is 41.7 Å². The number of halogens is 1. The fourth-order valence-corrected chi connectivity index (χ4v) is 4.29. The van der Waals surface area contributed by atoms with Crippen LogP contribution in [0.15, 0.2) is 28.7 Å². The lowest BCUT2D eigenvalue weighted by molar-refractivity contribution is -0.820. The van der Waals surface area contributed by atoms with Crippen LogP contribution in [-0.4, -0.2) is 43.9 Å². The maximum Gasteiger partial charge on any atom is 0.503 e. The van der Waals surface area contributed by atoms with Gasteiger partial charge in [-0.15, -0.1) is 0 Å². The van der Waals surface area contributed by atoms with Gasteiger partial charge in [0, 0.05) is 6.54 Å². The quantitative estimate of drug-likeness (QED) is 0.791. The number of rotatable bonds is 4. The Labute approximate surface area is 123 Å². The molecule has 0 unspecified atom stereocenters. The van der Waals surface area contributed by atoms with Crippen LogP contribution in [-0.2, 0) is 9.31 Å². The fraction of sp³-hybridized carbons (Fsp3) is 0.571. The Morgan fingerprint density at radius 2 is 1.89 bits per heavy atom. The van der Waals surface area contributed by atoms with E-state index in [1.54, 1.807) is 0 Å². The lowest BCUT2D eigenvalue weighted by Gasteiger charge is -2.47. The van der Waals surface area contributed by atoms with Gasteiger partial charge in [0.05, 0.1) is 26.3 Å². The highest BCUT2D eigenvalue weighted by atomic mass is 79.9. The zero-order chi connectivity index (χ0) is 13.3. The van der Waals surface area contributed by atoms with Crippen molar-refractivity contribution < 1.29 is 13.7 Å². The normalized spacial score (nSPS) is 33.6. The third-order valence-corrected chi connectivity index (χ3v) is 5.46. The van der Waals surface area contributed by atoms with Crippen LogP contribution in [0.25, 0.3) is 0 Å². The highest BCUT2D eigenvalue weighted by molar-refractivity contribution is 9.10. The summed E-state index contributed by atoms with van der Waals surface area (Å²) in [5.74, 6) is 0. The van der Waals surface area contributed by atoms with Crippen LogP contribution in [0.2, 0.25) is 0 Å². The Balaban J connectivity index is 2.03. The van der Waals surface area contributed by atoms with Gasteiger partial charge in [-0.2, -0.15) is 0 Å². The van der Waals surface area contributed by atoms with Crippen molar-refractivity contribution in [2.75, 3.05) is 32.8 Å². The van der Waals surface area contributed by atoms with Crippen LogP contribution in [0, 0.1) is 0 Å². The maximum atomic E-state index is 6.21. The summed E-state index contributed by atoms with van der Waals surface area (Å²) in [6.07, 6.45) is 2.46. The van der Waals surface area contributed by atoms with Crippen molar-refractivity contribution in [3.05, 3.63) is 28.7 Å². The molecule has 104 valence electrons. The van der Waals surface area contributed by atoms with Crippen molar-refractivity contribution in [3.63, 3.8) is 0 Å². The van der Waals surface area contributed by atoms with Gasteiger partial charge in [0.15, 0.2) is 0 Å². The van der Waals surface area contributed by atoms with Crippen molar-refractivity contribution in [2.24, 2.45) is 0 Å².